The monoisotopic (exact) mass is 470 g/mol. The van der Waals surface area contributed by atoms with Gasteiger partial charge in [-0.25, -0.2) is 0 Å². The van der Waals surface area contributed by atoms with Crippen molar-refractivity contribution < 1.29 is 4.79 Å². The molecule has 1 aliphatic heterocycles. The maximum absolute atomic E-state index is 12.8. The molecule has 1 aromatic carbocycles. The third kappa shape index (κ3) is 5.11. The van der Waals surface area contributed by atoms with E-state index in [0.717, 1.165) is 66.7 Å². The second kappa shape index (κ2) is 9.43. The fraction of sp³-hybridized carbons (Fsp3) is 0.520. The molecule has 0 radical (unpaired) electrons. The second-order valence-corrected chi connectivity index (χ2v) is 11.5. The van der Waals surface area contributed by atoms with Gasteiger partial charge in [-0.05, 0) is 60.4 Å². The van der Waals surface area contributed by atoms with Crippen LogP contribution in [0.25, 0.3) is 0 Å². The van der Waals surface area contributed by atoms with Gasteiger partial charge in [-0.15, -0.1) is 11.3 Å². The van der Waals surface area contributed by atoms with Crippen molar-refractivity contribution in [2.75, 3.05) is 42.9 Å². The minimum Gasteiger partial charge on any atom is -0.369 e. The summed E-state index contributed by atoms with van der Waals surface area (Å²) in [5, 5.41) is 14.3. The van der Waals surface area contributed by atoms with E-state index in [1.165, 1.54) is 4.88 Å². The molecule has 0 spiro atoms. The average Bonchev–Trinajstić information content (AvgIpc) is 3.10. The number of nitriles is 1. The zero-order valence-corrected chi connectivity index (χ0v) is 20.7. The van der Waals surface area contributed by atoms with E-state index in [1.54, 1.807) is 11.3 Å². The summed E-state index contributed by atoms with van der Waals surface area (Å²) in [6, 6.07) is 10.3. The average molecular weight is 471 g/mol. The number of anilines is 2. The van der Waals surface area contributed by atoms with Gasteiger partial charge in [-0.3, -0.25) is 9.69 Å². The second-order valence-electron chi connectivity index (χ2n) is 9.91. The van der Waals surface area contributed by atoms with E-state index in [4.69, 9.17) is 11.6 Å². The van der Waals surface area contributed by atoms with E-state index in [0.29, 0.717) is 18.0 Å². The molecule has 0 bridgehead atoms. The SMILES string of the molecule is CC(C)(C)C1CCc2c(sc(NC(=O)CN3CCN(c4ccc(Cl)cc4)CC3)c2C#N)C1. The molecule has 5 nitrogen and oxygen atoms in total. The lowest BCUT2D eigenvalue weighted by molar-refractivity contribution is -0.117. The molecule has 1 aromatic heterocycles. The van der Waals surface area contributed by atoms with E-state index in [1.807, 2.05) is 24.3 Å². The Hall–Kier alpha value is -2.07. The Bertz CT molecular complexity index is 1010. The van der Waals surface area contributed by atoms with Crippen LogP contribution in [0.3, 0.4) is 0 Å². The van der Waals surface area contributed by atoms with Gasteiger partial charge < -0.3 is 10.2 Å². The number of nitrogens with one attached hydrogen (secondary N) is 1. The largest absolute Gasteiger partial charge is 0.369 e. The lowest BCUT2D eigenvalue weighted by Crippen LogP contribution is -2.48. The van der Waals surface area contributed by atoms with Crippen LogP contribution in [0.1, 0.15) is 43.2 Å². The highest BCUT2D eigenvalue weighted by molar-refractivity contribution is 7.16. The van der Waals surface area contributed by atoms with Gasteiger partial charge in [0.15, 0.2) is 0 Å². The third-order valence-corrected chi connectivity index (χ3v) is 8.21. The zero-order chi connectivity index (χ0) is 22.9. The van der Waals surface area contributed by atoms with Crippen LogP contribution in [0.4, 0.5) is 10.7 Å². The van der Waals surface area contributed by atoms with Gasteiger partial charge in [-0.1, -0.05) is 32.4 Å². The normalized spacial score (nSPS) is 19.3. The summed E-state index contributed by atoms with van der Waals surface area (Å²) >= 11 is 7.59. The molecule has 1 unspecified atom stereocenters. The topological polar surface area (TPSA) is 59.4 Å². The summed E-state index contributed by atoms with van der Waals surface area (Å²) in [6.45, 7) is 10.6. The molecule has 1 saturated heterocycles. The highest BCUT2D eigenvalue weighted by Gasteiger charge is 2.32. The van der Waals surface area contributed by atoms with E-state index >= 15 is 0 Å². The summed E-state index contributed by atoms with van der Waals surface area (Å²) in [7, 11) is 0. The smallest absolute Gasteiger partial charge is 0.239 e. The van der Waals surface area contributed by atoms with Gasteiger partial charge in [-0.2, -0.15) is 5.26 Å². The Labute approximate surface area is 200 Å². The molecule has 7 heteroatoms. The quantitative estimate of drug-likeness (QED) is 0.668. The molecule has 1 aliphatic carbocycles. The Kier molecular flexibility index (Phi) is 6.80. The summed E-state index contributed by atoms with van der Waals surface area (Å²) in [5.74, 6) is 0.577. The predicted octanol–water partition coefficient (Wildman–Crippen LogP) is 5.18. The first-order valence-electron chi connectivity index (χ1n) is 11.3. The highest BCUT2D eigenvalue weighted by Crippen LogP contribution is 2.44. The molecule has 0 saturated carbocycles. The van der Waals surface area contributed by atoms with Gasteiger partial charge in [0.05, 0.1) is 12.1 Å². The Morgan fingerprint density at radius 2 is 1.91 bits per heavy atom. The number of carbonyl (C=O) groups excluding carboxylic acids is 1. The molecule has 2 heterocycles. The molecular formula is C25H31ClN4OS. The summed E-state index contributed by atoms with van der Waals surface area (Å²) in [6.07, 6.45) is 3.03. The first-order chi connectivity index (χ1) is 15.2. The van der Waals surface area contributed by atoms with Crippen LogP contribution in [0, 0.1) is 22.7 Å². The lowest BCUT2D eigenvalue weighted by atomic mass is 9.72. The van der Waals surface area contributed by atoms with Crippen LogP contribution in [-0.2, 0) is 17.6 Å². The molecule has 1 fully saturated rings. The van der Waals surface area contributed by atoms with E-state index < -0.39 is 0 Å². The molecule has 1 amide bonds. The van der Waals surface area contributed by atoms with E-state index in [-0.39, 0.29) is 11.3 Å². The summed E-state index contributed by atoms with van der Waals surface area (Å²) in [4.78, 5) is 18.6. The van der Waals surface area contributed by atoms with Crippen LogP contribution in [-0.4, -0.2) is 43.5 Å². The number of halogens is 1. The first-order valence-corrected chi connectivity index (χ1v) is 12.5. The Balaban J connectivity index is 1.34. The third-order valence-electron chi connectivity index (χ3n) is 6.79. The van der Waals surface area contributed by atoms with Crippen molar-refractivity contribution in [2.24, 2.45) is 11.3 Å². The maximum Gasteiger partial charge on any atom is 0.239 e. The van der Waals surface area contributed by atoms with Crippen LogP contribution < -0.4 is 10.2 Å². The molecule has 2 aromatic rings. The van der Waals surface area contributed by atoms with Crippen LogP contribution in [0.5, 0.6) is 0 Å². The number of nitrogens with zero attached hydrogens (tertiary/aromatic N) is 3. The number of carbonyl (C=O) groups is 1. The number of amides is 1. The van der Waals surface area contributed by atoms with Crippen molar-refractivity contribution in [3.63, 3.8) is 0 Å². The fourth-order valence-electron chi connectivity index (χ4n) is 4.72. The Morgan fingerprint density at radius 3 is 2.53 bits per heavy atom. The van der Waals surface area contributed by atoms with Crippen LogP contribution in [0.2, 0.25) is 5.02 Å². The molecule has 2 aliphatic rings. The number of benzene rings is 1. The molecule has 4 rings (SSSR count). The minimum absolute atomic E-state index is 0.0348. The fourth-order valence-corrected chi connectivity index (χ4v) is 6.14. The van der Waals surface area contributed by atoms with Gasteiger partial charge in [0.1, 0.15) is 11.1 Å². The van der Waals surface area contributed by atoms with Crippen LogP contribution in [0.15, 0.2) is 24.3 Å². The number of thiophene rings is 1. The number of hydrogen-bond acceptors (Lipinski definition) is 5. The van der Waals surface area contributed by atoms with Crippen LogP contribution >= 0.6 is 22.9 Å². The predicted molar refractivity (Wildman–Crippen MR) is 133 cm³/mol. The number of rotatable bonds is 4. The first kappa shape index (κ1) is 23.1. The van der Waals surface area contributed by atoms with E-state index in [9.17, 15) is 10.1 Å². The van der Waals surface area contributed by atoms with Crippen molar-refractivity contribution in [3.05, 3.63) is 45.3 Å². The summed E-state index contributed by atoms with van der Waals surface area (Å²) in [5.41, 5.74) is 3.25. The van der Waals surface area contributed by atoms with Gasteiger partial charge in [0.2, 0.25) is 5.91 Å². The van der Waals surface area contributed by atoms with Gasteiger partial charge in [0.25, 0.3) is 0 Å². The van der Waals surface area contributed by atoms with Gasteiger partial charge in [0, 0.05) is 41.8 Å². The molecule has 32 heavy (non-hydrogen) atoms. The highest BCUT2D eigenvalue weighted by atomic mass is 35.5. The maximum atomic E-state index is 12.8. The number of fused-ring (bicyclic) bond motifs is 1. The number of hydrogen-bond donors (Lipinski definition) is 1. The molecule has 170 valence electrons. The standard InChI is InChI=1S/C25H31ClN4OS/c1-25(2,3)17-4-9-20-21(15-27)24(32-22(20)14-17)28-23(31)16-29-10-12-30(13-11-29)19-7-5-18(26)6-8-19/h5-8,17H,4,9-14,16H2,1-3H3,(H,28,31). The zero-order valence-electron chi connectivity index (χ0n) is 19.1. The van der Waals surface area contributed by atoms with Crippen molar-refractivity contribution in [1.29, 1.82) is 5.26 Å². The molecular weight excluding hydrogens is 440 g/mol. The molecule has 1 atom stereocenters. The Morgan fingerprint density at radius 1 is 1.22 bits per heavy atom. The van der Waals surface area contributed by atoms with Crippen molar-refractivity contribution in [1.82, 2.24) is 4.90 Å². The summed E-state index contributed by atoms with van der Waals surface area (Å²) < 4.78 is 0. The van der Waals surface area contributed by atoms with Crippen molar-refractivity contribution in [2.45, 2.75) is 40.0 Å². The lowest BCUT2D eigenvalue weighted by Gasteiger charge is -2.35. The molecule has 1 N–H and O–H groups in total. The van der Waals surface area contributed by atoms with Crippen molar-refractivity contribution >= 4 is 39.5 Å². The van der Waals surface area contributed by atoms with Crippen molar-refractivity contribution in [3.8, 4) is 6.07 Å². The van der Waals surface area contributed by atoms with E-state index in [2.05, 4.69) is 42.0 Å². The van der Waals surface area contributed by atoms with Gasteiger partial charge >= 0.3 is 0 Å². The number of piperazine rings is 1. The minimum atomic E-state index is -0.0348.